The zero-order valence-corrected chi connectivity index (χ0v) is 20.4. The molecule has 0 aromatic rings. The Kier molecular flexibility index (Phi) is 9.87. The molecule has 2 heterocycles. The first-order chi connectivity index (χ1) is 14.4. The van der Waals surface area contributed by atoms with Crippen LogP contribution in [0.4, 0.5) is 0 Å². The van der Waals surface area contributed by atoms with Crippen LogP contribution in [0.2, 0.25) is 0 Å². The first-order valence-electron chi connectivity index (χ1n) is 10.2. The second kappa shape index (κ2) is 11.3. The molecule has 0 spiro atoms. The summed E-state index contributed by atoms with van der Waals surface area (Å²) in [5.41, 5.74) is -1.04. The summed E-state index contributed by atoms with van der Waals surface area (Å²) in [7, 11) is -3.00. The Morgan fingerprint density at radius 3 is 2.55 bits per heavy atom. The maximum absolute atomic E-state index is 13.0. The highest BCUT2D eigenvalue weighted by Crippen LogP contribution is 2.33. The van der Waals surface area contributed by atoms with E-state index in [1.54, 1.807) is 13.2 Å². The molecule has 2 fully saturated rings. The fraction of sp³-hybridized carbons (Fsp3) is 0.944. The zero-order chi connectivity index (χ0) is 23.5. The van der Waals surface area contributed by atoms with Crippen molar-refractivity contribution in [2.45, 2.75) is 80.4 Å². The second-order valence-electron chi connectivity index (χ2n) is 8.23. The minimum Gasteiger partial charge on any atom is -0.388 e. The number of carbonyl (C=O) groups excluding carboxylic acids is 1. The minimum absolute atomic E-state index is 0.249. The predicted molar refractivity (Wildman–Crippen MR) is 117 cm³/mol. The molecule has 4 N–H and O–H groups in total. The van der Waals surface area contributed by atoms with Crippen molar-refractivity contribution in [3.8, 4) is 0 Å². The van der Waals surface area contributed by atoms with E-state index in [1.807, 2.05) is 11.9 Å². The number of likely N-dealkylation sites (tertiary alicyclic amines) is 1. The van der Waals surface area contributed by atoms with Gasteiger partial charge in [0.15, 0.2) is 0 Å². The molecule has 10 nitrogen and oxygen atoms in total. The van der Waals surface area contributed by atoms with E-state index in [0.29, 0.717) is 12.3 Å². The number of aliphatic hydroxyl groups excluding tert-OH is 2. The molecule has 9 atom stereocenters. The van der Waals surface area contributed by atoms with Gasteiger partial charge in [0.25, 0.3) is 0 Å². The normalized spacial score (nSPS) is 36.8. The lowest BCUT2D eigenvalue weighted by molar-refractivity contribution is -0.199. The molecule has 2 saturated heterocycles. The number of likely N-dealkylation sites (N-methyl/N-ethyl adjacent to an activating group) is 1. The molecule has 0 saturated carbocycles. The predicted octanol–water partition coefficient (Wildman–Crippen LogP) is 0.217. The monoisotopic (exact) mass is 504 g/mol. The SMILES string of the molecule is CCC[C@@H]1C[C@@H](C(=O)NC(C(C)Cl)[C@H]2O[C@H](SC)[C@H](OS(=O)(=O)O)[C@@H](O)[C@H]2O)N(C)C1. The largest absolute Gasteiger partial charge is 0.397 e. The highest BCUT2D eigenvalue weighted by molar-refractivity contribution is 7.99. The van der Waals surface area contributed by atoms with E-state index in [4.69, 9.17) is 20.9 Å². The third-order valence-electron chi connectivity index (χ3n) is 5.84. The molecule has 0 radical (unpaired) electrons. The molecule has 0 aliphatic carbocycles. The molecule has 31 heavy (non-hydrogen) atoms. The number of alkyl halides is 1. The Hall–Kier alpha value is -0.180. The standard InChI is InChI=1S/C18H33ClN2O8S2/c1-5-6-10-7-11(21(3)8-10)17(24)20-12(9(2)19)15-13(22)14(23)16(18(28-15)30-4)29-31(25,26)27/h9-16,18,22-23H,5-8H2,1-4H3,(H,20,24)(H,25,26,27)/t9?,10-,11+,12?,13-,14+,15-,16-,18-/m1/s1. The van der Waals surface area contributed by atoms with Crippen molar-refractivity contribution in [2.24, 2.45) is 5.92 Å². The van der Waals surface area contributed by atoms with Gasteiger partial charge in [0.1, 0.15) is 29.9 Å². The summed E-state index contributed by atoms with van der Waals surface area (Å²) in [6, 6.07) is -1.20. The quantitative estimate of drug-likeness (QED) is 0.254. The van der Waals surface area contributed by atoms with Crippen LogP contribution in [0.15, 0.2) is 0 Å². The number of hydrogen-bond donors (Lipinski definition) is 4. The van der Waals surface area contributed by atoms with Gasteiger partial charge in [-0.2, -0.15) is 8.42 Å². The van der Waals surface area contributed by atoms with Gasteiger partial charge >= 0.3 is 10.4 Å². The van der Waals surface area contributed by atoms with E-state index in [0.717, 1.165) is 31.1 Å². The van der Waals surface area contributed by atoms with Crippen LogP contribution in [-0.4, -0.2) is 101 Å². The van der Waals surface area contributed by atoms with Crippen LogP contribution in [-0.2, 0) is 24.1 Å². The number of amides is 1. The van der Waals surface area contributed by atoms with Crippen LogP contribution >= 0.6 is 23.4 Å². The van der Waals surface area contributed by atoms with Gasteiger partial charge in [-0.3, -0.25) is 14.2 Å². The van der Waals surface area contributed by atoms with Crippen LogP contribution in [0.1, 0.15) is 33.1 Å². The highest BCUT2D eigenvalue weighted by atomic mass is 35.5. The lowest BCUT2D eigenvalue weighted by atomic mass is 9.92. The number of nitrogens with zero attached hydrogens (tertiary/aromatic N) is 1. The third kappa shape index (κ3) is 6.90. The van der Waals surface area contributed by atoms with Gasteiger partial charge in [-0.25, -0.2) is 4.18 Å². The molecule has 2 aliphatic rings. The van der Waals surface area contributed by atoms with Gasteiger partial charge in [-0.15, -0.1) is 23.4 Å². The van der Waals surface area contributed by atoms with E-state index in [9.17, 15) is 23.4 Å². The summed E-state index contributed by atoms with van der Waals surface area (Å²) in [5.74, 6) is 0.177. The van der Waals surface area contributed by atoms with Crippen LogP contribution < -0.4 is 5.32 Å². The highest BCUT2D eigenvalue weighted by Gasteiger charge is 2.50. The molecular formula is C18H33ClN2O8S2. The van der Waals surface area contributed by atoms with Gasteiger partial charge < -0.3 is 20.3 Å². The van der Waals surface area contributed by atoms with Crippen molar-refractivity contribution < 1.29 is 36.9 Å². The number of ether oxygens (including phenoxy) is 1. The van der Waals surface area contributed by atoms with E-state index < -0.39 is 51.7 Å². The fourth-order valence-electron chi connectivity index (χ4n) is 4.34. The summed E-state index contributed by atoms with van der Waals surface area (Å²) in [4.78, 5) is 15.0. The summed E-state index contributed by atoms with van der Waals surface area (Å²) in [6.07, 6.45) is -1.59. The number of carbonyl (C=O) groups is 1. The number of nitrogens with one attached hydrogen (secondary N) is 1. The third-order valence-corrected chi connectivity index (χ3v) is 7.42. The molecule has 1 amide bonds. The lowest BCUT2D eigenvalue weighted by Crippen LogP contribution is -2.65. The summed E-state index contributed by atoms with van der Waals surface area (Å²) in [6.45, 7) is 4.55. The van der Waals surface area contributed by atoms with Crippen molar-refractivity contribution in [1.82, 2.24) is 10.2 Å². The van der Waals surface area contributed by atoms with Crippen molar-refractivity contribution in [2.75, 3.05) is 19.8 Å². The fourth-order valence-corrected chi connectivity index (χ4v) is 5.84. The van der Waals surface area contributed by atoms with Crippen LogP contribution in [0.5, 0.6) is 0 Å². The molecule has 2 aliphatic heterocycles. The minimum atomic E-state index is -4.89. The number of aliphatic hydroxyl groups is 2. The molecular weight excluding hydrogens is 472 g/mol. The molecule has 0 aromatic heterocycles. The van der Waals surface area contributed by atoms with Gasteiger partial charge in [0.05, 0.1) is 17.5 Å². The first-order valence-corrected chi connectivity index (χ1v) is 13.3. The van der Waals surface area contributed by atoms with E-state index >= 15 is 0 Å². The van der Waals surface area contributed by atoms with Crippen molar-refractivity contribution in [3.63, 3.8) is 0 Å². The average molecular weight is 505 g/mol. The maximum Gasteiger partial charge on any atom is 0.397 e. The maximum atomic E-state index is 13.0. The topological polar surface area (TPSA) is 146 Å². The Labute approximate surface area is 192 Å². The number of thioether (sulfide) groups is 1. The van der Waals surface area contributed by atoms with Crippen molar-refractivity contribution in [3.05, 3.63) is 0 Å². The summed E-state index contributed by atoms with van der Waals surface area (Å²) >= 11 is 7.34. The van der Waals surface area contributed by atoms with Crippen LogP contribution in [0, 0.1) is 5.92 Å². The summed E-state index contributed by atoms with van der Waals surface area (Å²) < 4.78 is 41.5. The molecule has 2 rings (SSSR count). The average Bonchev–Trinajstić information content (AvgIpc) is 3.03. The smallest absolute Gasteiger partial charge is 0.388 e. The molecule has 182 valence electrons. The Balaban J connectivity index is 2.16. The summed E-state index contributed by atoms with van der Waals surface area (Å²) in [5, 5.41) is 23.3. The number of rotatable bonds is 9. The van der Waals surface area contributed by atoms with Crippen molar-refractivity contribution in [1.29, 1.82) is 0 Å². The van der Waals surface area contributed by atoms with Crippen LogP contribution in [0.25, 0.3) is 0 Å². The van der Waals surface area contributed by atoms with Gasteiger partial charge in [0, 0.05) is 6.54 Å². The number of hydrogen-bond acceptors (Lipinski definition) is 9. The van der Waals surface area contributed by atoms with Gasteiger partial charge in [-0.1, -0.05) is 13.3 Å². The molecule has 0 aromatic carbocycles. The number of halogens is 1. The van der Waals surface area contributed by atoms with Gasteiger partial charge in [-0.05, 0) is 39.0 Å². The first kappa shape index (κ1) is 27.1. The lowest BCUT2D eigenvalue weighted by Gasteiger charge is -2.44. The van der Waals surface area contributed by atoms with E-state index in [1.165, 1.54) is 0 Å². The zero-order valence-electron chi connectivity index (χ0n) is 18.0. The van der Waals surface area contributed by atoms with Gasteiger partial charge in [0.2, 0.25) is 5.91 Å². The molecule has 2 unspecified atom stereocenters. The van der Waals surface area contributed by atoms with E-state index in [-0.39, 0.29) is 11.9 Å². The Morgan fingerprint density at radius 2 is 2.03 bits per heavy atom. The van der Waals surface area contributed by atoms with E-state index in [2.05, 4.69) is 16.4 Å². The van der Waals surface area contributed by atoms with Crippen molar-refractivity contribution >= 4 is 39.7 Å². The Bertz CT molecular complexity index is 711. The second-order valence-corrected chi connectivity index (χ2v) is 10.9. The molecule has 13 heteroatoms. The van der Waals surface area contributed by atoms with Crippen LogP contribution in [0.3, 0.4) is 0 Å². The Morgan fingerprint density at radius 1 is 1.39 bits per heavy atom. The molecule has 0 bridgehead atoms.